The fraction of sp³-hybridized carbons (Fsp3) is 0.450. The molecule has 0 aliphatic heterocycles. The van der Waals surface area contributed by atoms with E-state index in [0.717, 1.165) is 24.0 Å². The van der Waals surface area contributed by atoms with Gasteiger partial charge < -0.3 is 14.2 Å². The first kappa shape index (κ1) is 18.1. The molecule has 1 aromatic rings. The average molecular weight is 330 g/mol. The molecule has 0 heterocycles. The maximum Gasteiger partial charge on any atom is 0.377 e. The number of allylic oxidation sites excluding steroid dienone is 2. The summed E-state index contributed by atoms with van der Waals surface area (Å²) in [6, 6.07) is 6.09. The summed E-state index contributed by atoms with van der Waals surface area (Å²) in [7, 11) is 2.78. The van der Waals surface area contributed by atoms with E-state index in [1.165, 1.54) is 32.5 Å². The number of ether oxygens (including phenoxy) is 3. The van der Waals surface area contributed by atoms with Gasteiger partial charge in [-0.2, -0.15) is 0 Å². The van der Waals surface area contributed by atoms with Crippen LogP contribution in [-0.2, 0) is 14.3 Å². The second-order valence-corrected chi connectivity index (χ2v) is 6.89. The molecule has 24 heavy (non-hydrogen) atoms. The van der Waals surface area contributed by atoms with Crippen molar-refractivity contribution in [3.05, 3.63) is 47.4 Å². The number of hydrogen-bond donors (Lipinski definition) is 0. The van der Waals surface area contributed by atoms with E-state index in [0.29, 0.717) is 11.2 Å². The van der Waals surface area contributed by atoms with Crippen LogP contribution in [0.5, 0.6) is 5.75 Å². The molecular weight excluding hydrogens is 304 g/mol. The third kappa shape index (κ3) is 4.40. The minimum atomic E-state index is -0.569. The summed E-state index contributed by atoms with van der Waals surface area (Å²) in [6.07, 6.45) is 6.85. The predicted octanol–water partition coefficient (Wildman–Crippen LogP) is 4.63. The van der Waals surface area contributed by atoms with Crippen molar-refractivity contribution in [1.29, 1.82) is 0 Å². The van der Waals surface area contributed by atoms with Crippen LogP contribution in [0.25, 0.3) is 5.57 Å². The third-order valence-electron chi connectivity index (χ3n) is 4.36. The second kappa shape index (κ2) is 7.56. The second-order valence-electron chi connectivity index (χ2n) is 6.89. The molecule has 4 nitrogen and oxygen atoms in total. The van der Waals surface area contributed by atoms with Crippen LogP contribution >= 0.6 is 0 Å². The predicted molar refractivity (Wildman–Crippen MR) is 94.5 cm³/mol. The van der Waals surface area contributed by atoms with Crippen molar-refractivity contribution in [3.8, 4) is 5.75 Å². The highest BCUT2D eigenvalue weighted by molar-refractivity contribution is 5.86. The lowest BCUT2D eigenvalue weighted by atomic mass is 9.77. The normalized spacial score (nSPS) is 17.0. The van der Waals surface area contributed by atoms with Crippen LogP contribution in [0.3, 0.4) is 0 Å². The van der Waals surface area contributed by atoms with Crippen molar-refractivity contribution in [2.45, 2.75) is 40.0 Å². The monoisotopic (exact) mass is 330 g/mol. The summed E-state index contributed by atoms with van der Waals surface area (Å²) < 4.78 is 15.4. The van der Waals surface area contributed by atoms with Gasteiger partial charge in [0.2, 0.25) is 5.76 Å². The van der Waals surface area contributed by atoms with Crippen molar-refractivity contribution in [2.24, 2.45) is 5.41 Å². The molecule has 0 radical (unpaired) electrons. The van der Waals surface area contributed by atoms with Gasteiger partial charge in [0.05, 0.1) is 14.2 Å². The molecule has 0 amide bonds. The number of esters is 1. The van der Waals surface area contributed by atoms with Gasteiger partial charge in [-0.1, -0.05) is 32.1 Å². The van der Waals surface area contributed by atoms with Crippen molar-refractivity contribution in [2.75, 3.05) is 14.2 Å². The molecule has 1 aliphatic rings. The van der Waals surface area contributed by atoms with Crippen LogP contribution in [0.4, 0.5) is 0 Å². The Morgan fingerprint density at radius 1 is 1.25 bits per heavy atom. The number of rotatable bonds is 5. The molecule has 0 unspecified atom stereocenters. The van der Waals surface area contributed by atoms with E-state index in [-0.39, 0.29) is 5.76 Å². The Morgan fingerprint density at radius 2 is 2.00 bits per heavy atom. The fourth-order valence-electron chi connectivity index (χ4n) is 2.69. The van der Waals surface area contributed by atoms with E-state index in [1.54, 1.807) is 0 Å². The van der Waals surface area contributed by atoms with Crippen LogP contribution in [0.15, 0.2) is 36.3 Å². The molecule has 0 atom stereocenters. The SMILES string of the molecule is CO/C=C(\Oc1cc(C2=CCC(C)(C)CC2)ccc1C)C(=O)OC. The lowest BCUT2D eigenvalue weighted by Gasteiger charge is -2.29. The number of benzene rings is 1. The molecule has 0 aromatic heterocycles. The zero-order valence-electron chi connectivity index (χ0n) is 15.1. The van der Waals surface area contributed by atoms with Crippen molar-refractivity contribution >= 4 is 11.5 Å². The molecule has 0 saturated carbocycles. The van der Waals surface area contributed by atoms with Gasteiger partial charge >= 0.3 is 5.97 Å². The summed E-state index contributed by atoms with van der Waals surface area (Å²) in [5.74, 6) is 0.0891. The van der Waals surface area contributed by atoms with Crippen molar-refractivity contribution < 1.29 is 19.0 Å². The van der Waals surface area contributed by atoms with Crippen LogP contribution in [-0.4, -0.2) is 20.2 Å². The summed E-state index contributed by atoms with van der Waals surface area (Å²) in [6.45, 7) is 6.53. The molecular formula is C20H26O4. The Labute approximate surface area is 144 Å². The van der Waals surface area contributed by atoms with E-state index >= 15 is 0 Å². The van der Waals surface area contributed by atoms with Gasteiger partial charge in [0.1, 0.15) is 12.0 Å². The van der Waals surface area contributed by atoms with Gasteiger partial charge in [-0.15, -0.1) is 0 Å². The van der Waals surface area contributed by atoms with Crippen LogP contribution in [0.1, 0.15) is 44.2 Å². The highest BCUT2D eigenvalue weighted by Crippen LogP contribution is 2.39. The molecule has 1 aromatic carbocycles. The van der Waals surface area contributed by atoms with Crippen LogP contribution in [0.2, 0.25) is 0 Å². The first-order valence-corrected chi connectivity index (χ1v) is 8.15. The molecule has 0 N–H and O–H groups in total. The van der Waals surface area contributed by atoms with E-state index in [9.17, 15) is 4.79 Å². The van der Waals surface area contributed by atoms with E-state index < -0.39 is 5.97 Å². The first-order chi connectivity index (χ1) is 11.4. The lowest BCUT2D eigenvalue weighted by Crippen LogP contribution is -2.14. The smallest absolute Gasteiger partial charge is 0.377 e. The first-order valence-electron chi connectivity index (χ1n) is 8.15. The fourth-order valence-corrected chi connectivity index (χ4v) is 2.69. The number of carbonyl (C=O) groups excluding carboxylic acids is 1. The van der Waals surface area contributed by atoms with Gasteiger partial charge in [-0.3, -0.25) is 0 Å². The Bertz CT molecular complexity index is 668. The molecule has 2 rings (SSSR count). The summed E-state index contributed by atoms with van der Waals surface area (Å²) in [5.41, 5.74) is 3.77. The molecule has 0 bridgehead atoms. The topological polar surface area (TPSA) is 44.8 Å². The maximum atomic E-state index is 11.8. The zero-order chi connectivity index (χ0) is 17.7. The molecule has 0 fully saturated rings. The maximum absolute atomic E-state index is 11.8. The minimum absolute atomic E-state index is 0.0269. The molecule has 0 spiro atoms. The Kier molecular flexibility index (Phi) is 5.71. The standard InChI is InChI=1S/C20H26O4/c1-14-6-7-16(15-8-10-20(2,3)11-9-15)12-17(14)24-18(13-22-4)19(21)23-5/h6-8,12-13H,9-11H2,1-5H3/b18-13-. The van der Waals surface area contributed by atoms with Crippen molar-refractivity contribution in [3.63, 3.8) is 0 Å². The van der Waals surface area contributed by atoms with Gasteiger partial charge in [-0.05, 0) is 54.4 Å². The lowest BCUT2D eigenvalue weighted by molar-refractivity contribution is -0.138. The molecule has 130 valence electrons. The molecule has 4 heteroatoms. The van der Waals surface area contributed by atoms with Gasteiger partial charge in [-0.25, -0.2) is 4.79 Å². The van der Waals surface area contributed by atoms with Crippen LogP contribution in [0, 0.1) is 12.3 Å². The number of carbonyl (C=O) groups is 1. The average Bonchev–Trinajstić information content (AvgIpc) is 2.55. The van der Waals surface area contributed by atoms with Crippen LogP contribution < -0.4 is 4.74 Å². The number of aryl methyl sites for hydroxylation is 1. The summed E-state index contributed by atoms with van der Waals surface area (Å²) in [5, 5.41) is 0. The van der Waals surface area contributed by atoms with E-state index in [2.05, 4.69) is 26.0 Å². The third-order valence-corrected chi connectivity index (χ3v) is 4.36. The Hall–Kier alpha value is -2.23. The highest BCUT2D eigenvalue weighted by atomic mass is 16.6. The summed E-state index contributed by atoms with van der Waals surface area (Å²) in [4.78, 5) is 11.8. The zero-order valence-corrected chi connectivity index (χ0v) is 15.1. The highest BCUT2D eigenvalue weighted by Gasteiger charge is 2.22. The minimum Gasteiger partial charge on any atom is -0.500 e. The Morgan fingerprint density at radius 3 is 2.58 bits per heavy atom. The molecule has 1 aliphatic carbocycles. The van der Waals surface area contributed by atoms with Gasteiger partial charge in [0.25, 0.3) is 0 Å². The largest absolute Gasteiger partial charge is 0.500 e. The van der Waals surface area contributed by atoms with E-state index in [1.807, 2.05) is 19.1 Å². The Balaban J connectivity index is 2.27. The number of hydrogen-bond acceptors (Lipinski definition) is 4. The van der Waals surface area contributed by atoms with E-state index in [4.69, 9.17) is 14.2 Å². The quantitative estimate of drug-likeness (QED) is 0.449. The van der Waals surface area contributed by atoms with Gasteiger partial charge in [0, 0.05) is 0 Å². The van der Waals surface area contributed by atoms with Crippen molar-refractivity contribution in [1.82, 2.24) is 0 Å². The summed E-state index contributed by atoms with van der Waals surface area (Å²) >= 11 is 0. The van der Waals surface area contributed by atoms with Gasteiger partial charge in [0.15, 0.2) is 0 Å². The number of methoxy groups -OCH3 is 2. The molecule has 0 saturated heterocycles.